The summed E-state index contributed by atoms with van der Waals surface area (Å²) in [5.41, 5.74) is 6.76. The molecule has 0 aliphatic heterocycles. The molecule has 2 aromatic rings. The third-order valence-electron chi connectivity index (χ3n) is 2.88. The first-order valence-electron chi connectivity index (χ1n) is 6.09. The number of hydrogen-bond donors (Lipinski definition) is 2. The van der Waals surface area contributed by atoms with Crippen LogP contribution in [0.4, 0.5) is 11.6 Å². The quantitative estimate of drug-likeness (QED) is 0.855. The van der Waals surface area contributed by atoms with Gasteiger partial charge in [0.15, 0.2) is 0 Å². The van der Waals surface area contributed by atoms with Gasteiger partial charge in [-0.2, -0.15) is 0 Å². The summed E-state index contributed by atoms with van der Waals surface area (Å²) < 4.78 is 0. The van der Waals surface area contributed by atoms with E-state index in [0.717, 1.165) is 17.3 Å². The molecule has 3 rings (SSSR count). The van der Waals surface area contributed by atoms with Crippen molar-refractivity contribution in [3.05, 3.63) is 42.0 Å². The molecule has 0 radical (unpaired) electrons. The summed E-state index contributed by atoms with van der Waals surface area (Å²) in [5, 5.41) is 3.23. The molecule has 5 heteroatoms. The predicted octanol–water partition coefficient (Wildman–Crippen LogP) is 1.94. The molecule has 1 saturated carbocycles. The summed E-state index contributed by atoms with van der Waals surface area (Å²) in [6.07, 6.45) is 4.12. The first-order chi connectivity index (χ1) is 8.81. The fourth-order valence-corrected chi connectivity index (χ4v) is 1.78. The van der Waals surface area contributed by atoms with Gasteiger partial charge in [-0.05, 0) is 25.0 Å². The first-order valence-corrected chi connectivity index (χ1v) is 6.09. The number of nitrogens with zero attached hydrogens (tertiary/aromatic N) is 3. The van der Waals surface area contributed by atoms with Crippen LogP contribution in [0.2, 0.25) is 0 Å². The van der Waals surface area contributed by atoms with Gasteiger partial charge in [-0.15, -0.1) is 0 Å². The van der Waals surface area contributed by atoms with Crippen molar-refractivity contribution in [1.82, 2.24) is 15.0 Å². The lowest BCUT2D eigenvalue weighted by Gasteiger charge is -2.07. The Bertz CT molecular complexity index is 536. The standard InChI is InChI=1S/C13H15N5/c14-11-7-12(18-13(17-11)9-4-5-9)16-8-10-3-1-2-6-15-10/h1-3,6-7,9H,4-5,8H2,(H3,14,16,17,18). The van der Waals surface area contributed by atoms with Crippen LogP contribution in [0.1, 0.15) is 30.3 Å². The maximum Gasteiger partial charge on any atom is 0.136 e. The van der Waals surface area contributed by atoms with E-state index in [1.165, 1.54) is 12.8 Å². The average molecular weight is 241 g/mol. The summed E-state index contributed by atoms with van der Waals surface area (Å²) in [6.45, 7) is 0.640. The molecule has 0 atom stereocenters. The number of hydrogen-bond acceptors (Lipinski definition) is 5. The molecule has 0 bridgehead atoms. The van der Waals surface area contributed by atoms with Crippen molar-refractivity contribution in [2.45, 2.75) is 25.3 Å². The molecule has 0 aromatic carbocycles. The van der Waals surface area contributed by atoms with Crippen molar-refractivity contribution in [2.75, 3.05) is 11.1 Å². The van der Waals surface area contributed by atoms with Crippen molar-refractivity contribution >= 4 is 11.6 Å². The Labute approximate surface area is 105 Å². The highest BCUT2D eigenvalue weighted by atomic mass is 15.1. The molecule has 0 saturated heterocycles. The van der Waals surface area contributed by atoms with Crippen molar-refractivity contribution in [1.29, 1.82) is 0 Å². The molecule has 18 heavy (non-hydrogen) atoms. The lowest BCUT2D eigenvalue weighted by molar-refractivity contribution is 0.921. The Hall–Kier alpha value is -2.17. The van der Waals surface area contributed by atoms with Gasteiger partial charge in [-0.1, -0.05) is 6.07 Å². The third kappa shape index (κ3) is 2.56. The fourth-order valence-electron chi connectivity index (χ4n) is 1.78. The third-order valence-corrected chi connectivity index (χ3v) is 2.88. The Morgan fingerprint density at radius 3 is 2.89 bits per heavy atom. The van der Waals surface area contributed by atoms with Crippen LogP contribution in [0.15, 0.2) is 30.5 Å². The first kappa shape index (κ1) is 11.0. The molecule has 0 amide bonds. The zero-order chi connectivity index (χ0) is 12.4. The van der Waals surface area contributed by atoms with E-state index in [1.54, 1.807) is 12.3 Å². The van der Waals surface area contributed by atoms with Crippen LogP contribution in [0.3, 0.4) is 0 Å². The van der Waals surface area contributed by atoms with Crippen molar-refractivity contribution < 1.29 is 0 Å². The minimum Gasteiger partial charge on any atom is -0.384 e. The SMILES string of the molecule is Nc1cc(NCc2ccccn2)nc(C2CC2)n1. The lowest BCUT2D eigenvalue weighted by Crippen LogP contribution is -2.06. The van der Waals surface area contributed by atoms with E-state index in [0.29, 0.717) is 18.3 Å². The summed E-state index contributed by atoms with van der Waals surface area (Å²) in [7, 11) is 0. The molecule has 1 fully saturated rings. The van der Waals surface area contributed by atoms with Crippen molar-refractivity contribution in [3.63, 3.8) is 0 Å². The Kier molecular flexibility index (Phi) is 2.80. The summed E-state index contributed by atoms with van der Waals surface area (Å²) >= 11 is 0. The van der Waals surface area contributed by atoms with Gasteiger partial charge in [-0.25, -0.2) is 9.97 Å². The number of aromatic nitrogens is 3. The molecule has 3 N–H and O–H groups in total. The second-order valence-corrected chi connectivity index (χ2v) is 4.49. The monoisotopic (exact) mass is 241 g/mol. The molecule has 0 spiro atoms. The Balaban J connectivity index is 1.72. The number of rotatable bonds is 4. The summed E-state index contributed by atoms with van der Waals surface area (Å²) in [5.74, 6) is 2.66. The van der Waals surface area contributed by atoms with E-state index < -0.39 is 0 Å². The van der Waals surface area contributed by atoms with Crippen LogP contribution >= 0.6 is 0 Å². The molecule has 2 aromatic heterocycles. The van der Waals surface area contributed by atoms with E-state index in [1.807, 2.05) is 18.2 Å². The second kappa shape index (κ2) is 4.60. The smallest absolute Gasteiger partial charge is 0.136 e. The van der Waals surface area contributed by atoms with E-state index in [9.17, 15) is 0 Å². The lowest BCUT2D eigenvalue weighted by atomic mass is 10.3. The second-order valence-electron chi connectivity index (χ2n) is 4.49. The molecule has 92 valence electrons. The zero-order valence-electron chi connectivity index (χ0n) is 10.0. The van der Waals surface area contributed by atoms with Crippen LogP contribution in [-0.2, 0) is 6.54 Å². The van der Waals surface area contributed by atoms with Gasteiger partial charge in [0, 0.05) is 18.2 Å². The highest BCUT2D eigenvalue weighted by Crippen LogP contribution is 2.38. The number of nitrogens with two attached hydrogens (primary N) is 1. The average Bonchev–Trinajstić information content (AvgIpc) is 3.21. The van der Waals surface area contributed by atoms with Gasteiger partial charge >= 0.3 is 0 Å². The molecule has 1 aliphatic rings. The molecule has 1 aliphatic carbocycles. The number of pyridine rings is 1. The van der Waals surface area contributed by atoms with Gasteiger partial charge in [0.05, 0.1) is 12.2 Å². The number of nitrogen functional groups attached to an aromatic ring is 1. The minimum atomic E-state index is 0.504. The predicted molar refractivity (Wildman–Crippen MR) is 70.0 cm³/mol. The normalized spacial score (nSPS) is 14.4. The fraction of sp³-hybridized carbons (Fsp3) is 0.308. The van der Waals surface area contributed by atoms with Crippen LogP contribution in [-0.4, -0.2) is 15.0 Å². The molecule has 5 nitrogen and oxygen atoms in total. The van der Waals surface area contributed by atoms with Crippen LogP contribution in [0.25, 0.3) is 0 Å². The summed E-state index contributed by atoms with van der Waals surface area (Å²) in [6, 6.07) is 7.60. The van der Waals surface area contributed by atoms with Crippen LogP contribution in [0.5, 0.6) is 0 Å². The van der Waals surface area contributed by atoms with Gasteiger partial charge in [0.25, 0.3) is 0 Å². The number of anilines is 2. The highest BCUT2D eigenvalue weighted by molar-refractivity contribution is 5.45. The Morgan fingerprint density at radius 1 is 1.28 bits per heavy atom. The largest absolute Gasteiger partial charge is 0.384 e. The van der Waals surface area contributed by atoms with Crippen LogP contribution < -0.4 is 11.1 Å². The summed E-state index contributed by atoms with van der Waals surface area (Å²) in [4.78, 5) is 13.0. The molecular weight excluding hydrogens is 226 g/mol. The van der Waals surface area contributed by atoms with Gasteiger partial charge in [-0.3, -0.25) is 4.98 Å². The molecule has 2 heterocycles. The number of nitrogens with one attached hydrogen (secondary N) is 1. The maximum absolute atomic E-state index is 5.79. The van der Waals surface area contributed by atoms with Gasteiger partial charge in [0.1, 0.15) is 17.5 Å². The Morgan fingerprint density at radius 2 is 2.17 bits per heavy atom. The zero-order valence-corrected chi connectivity index (χ0v) is 10.0. The van der Waals surface area contributed by atoms with Gasteiger partial charge in [0.2, 0.25) is 0 Å². The van der Waals surface area contributed by atoms with Gasteiger partial charge < -0.3 is 11.1 Å². The highest BCUT2D eigenvalue weighted by Gasteiger charge is 2.27. The van der Waals surface area contributed by atoms with E-state index in [-0.39, 0.29) is 0 Å². The minimum absolute atomic E-state index is 0.504. The van der Waals surface area contributed by atoms with Crippen molar-refractivity contribution in [3.8, 4) is 0 Å². The van der Waals surface area contributed by atoms with Crippen molar-refractivity contribution in [2.24, 2.45) is 0 Å². The maximum atomic E-state index is 5.79. The van der Waals surface area contributed by atoms with Crippen LogP contribution in [0, 0.1) is 0 Å². The molecule has 0 unspecified atom stereocenters. The van der Waals surface area contributed by atoms with E-state index >= 15 is 0 Å². The van der Waals surface area contributed by atoms with E-state index in [2.05, 4.69) is 20.3 Å². The van der Waals surface area contributed by atoms with E-state index in [4.69, 9.17) is 5.73 Å². The molecular formula is C13H15N5. The topological polar surface area (TPSA) is 76.7 Å².